The van der Waals surface area contributed by atoms with Gasteiger partial charge in [-0.15, -0.1) is 0 Å². The summed E-state index contributed by atoms with van der Waals surface area (Å²) < 4.78 is 4.32. The first-order chi connectivity index (χ1) is 10.4. The Morgan fingerprint density at radius 3 is 2.00 bits per heavy atom. The maximum atomic E-state index is 12.0. The molecule has 0 spiro atoms. The third-order valence-electron chi connectivity index (χ3n) is 3.06. The van der Waals surface area contributed by atoms with Gasteiger partial charge in [-0.1, -0.05) is 6.42 Å². The Hall–Kier alpha value is -1.71. The van der Waals surface area contributed by atoms with Crippen molar-refractivity contribution >= 4 is 18.0 Å². The van der Waals surface area contributed by atoms with E-state index < -0.39 is 30.1 Å². The smallest absolute Gasteiger partial charge is 0.375 e. The van der Waals surface area contributed by atoms with Gasteiger partial charge >= 0.3 is 12.1 Å². The zero-order valence-corrected chi connectivity index (χ0v) is 12.8. The molecule has 0 radical (unpaired) electrons. The molecule has 9 nitrogen and oxygen atoms in total. The second kappa shape index (κ2) is 11.9. The summed E-state index contributed by atoms with van der Waals surface area (Å²) in [6, 6.07) is -1.71. The quantitative estimate of drug-likeness (QED) is 0.178. The maximum Gasteiger partial charge on any atom is 0.412 e. The van der Waals surface area contributed by atoms with Crippen LogP contribution < -0.4 is 28.3 Å². The number of carbonyl (C=O) groups excluding carboxylic acids is 3. The van der Waals surface area contributed by atoms with Crippen molar-refractivity contribution in [2.45, 2.75) is 50.6 Å². The summed E-state index contributed by atoms with van der Waals surface area (Å²) in [4.78, 5) is 34.3. The summed E-state index contributed by atoms with van der Waals surface area (Å²) in [5.74, 6) is -1.37. The molecule has 0 saturated carbocycles. The van der Waals surface area contributed by atoms with E-state index in [0.29, 0.717) is 45.2 Å². The van der Waals surface area contributed by atoms with Crippen LogP contribution in [0.2, 0.25) is 0 Å². The van der Waals surface area contributed by atoms with Crippen molar-refractivity contribution in [3.8, 4) is 0 Å². The molecule has 0 aliphatic carbocycles. The molecule has 0 aromatic heterocycles. The molecule has 128 valence electrons. The highest BCUT2D eigenvalue weighted by Crippen LogP contribution is 2.05. The minimum absolute atomic E-state index is 0.296. The number of hydrogen-bond donors (Lipinski definition) is 5. The molecule has 0 rings (SSSR count). The Balaban J connectivity index is 4.49. The van der Waals surface area contributed by atoms with Crippen LogP contribution in [-0.4, -0.2) is 43.1 Å². The average molecular weight is 317 g/mol. The van der Waals surface area contributed by atoms with Crippen molar-refractivity contribution in [1.82, 2.24) is 5.32 Å². The van der Waals surface area contributed by atoms with Crippen LogP contribution >= 0.6 is 0 Å². The zero-order chi connectivity index (χ0) is 17.0. The van der Waals surface area contributed by atoms with Gasteiger partial charge in [0.25, 0.3) is 0 Å². The number of primary amides is 1. The molecule has 22 heavy (non-hydrogen) atoms. The van der Waals surface area contributed by atoms with Crippen molar-refractivity contribution in [2.75, 3.05) is 13.1 Å². The van der Waals surface area contributed by atoms with Gasteiger partial charge in [-0.25, -0.2) is 9.59 Å². The number of rotatable bonds is 11. The lowest BCUT2D eigenvalue weighted by atomic mass is 10.1. The average Bonchev–Trinajstić information content (AvgIpc) is 2.45. The second-order valence-corrected chi connectivity index (χ2v) is 4.98. The molecule has 0 bridgehead atoms. The SMILES string of the molecule is NCCCC[C@H](NC(=O)[C@@H](N)CCCCN)C(=O)OC(N)=O. The first-order valence-corrected chi connectivity index (χ1v) is 7.39. The molecule has 0 aromatic rings. The Labute approximate surface area is 130 Å². The van der Waals surface area contributed by atoms with Crippen LogP contribution in [0.1, 0.15) is 38.5 Å². The second-order valence-electron chi connectivity index (χ2n) is 4.98. The zero-order valence-electron chi connectivity index (χ0n) is 12.8. The van der Waals surface area contributed by atoms with Gasteiger partial charge in [0, 0.05) is 0 Å². The first kappa shape index (κ1) is 20.3. The molecule has 0 heterocycles. The van der Waals surface area contributed by atoms with Gasteiger partial charge in [0.1, 0.15) is 6.04 Å². The summed E-state index contributed by atoms with van der Waals surface area (Å²) in [5.41, 5.74) is 21.3. The number of unbranched alkanes of at least 4 members (excludes halogenated alkanes) is 2. The number of amides is 2. The summed E-state index contributed by atoms with van der Waals surface area (Å²) in [6.07, 6.45) is 2.30. The topological polar surface area (TPSA) is 177 Å². The van der Waals surface area contributed by atoms with E-state index in [1.807, 2.05) is 0 Å². The van der Waals surface area contributed by atoms with Crippen molar-refractivity contribution < 1.29 is 19.1 Å². The lowest BCUT2D eigenvalue weighted by molar-refractivity contribution is -0.142. The summed E-state index contributed by atoms with van der Waals surface area (Å²) in [6.45, 7) is 0.991. The fraction of sp³-hybridized carbons (Fsp3) is 0.769. The highest BCUT2D eigenvalue weighted by molar-refractivity contribution is 5.91. The number of carbonyl (C=O) groups is 3. The van der Waals surface area contributed by atoms with Gasteiger partial charge in [-0.2, -0.15) is 0 Å². The van der Waals surface area contributed by atoms with Crippen molar-refractivity contribution in [2.24, 2.45) is 22.9 Å². The van der Waals surface area contributed by atoms with Gasteiger partial charge in [-0.3, -0.25) is 4.79 Å². The molecular formula is C13H27N5O4. The first-order valence-electron chi connectivity index (χ1n) is 7.39. The molecule has 0 fully saturated rings. The summed E-state index contributed by atoms with van der Waals surface area (Å²) in [7, 11) is 0. The lowest BCUT2D eigenvalue weighted by Crippen LogP contribution is -2.49. The van der Waals surface area contributed by atoms with Gasteiger partial charge < -0.3 is 33.0 Å². The molecule has 9 heteroatoms. The van der Waals surface area contributed by atoms with Crippen LogP contribution in [0, 0.1) is 0 Å². The van der Waals surface area contributed by atoms with Crippen molar-refractivity contribution in [3.63, 3.8) is 0 Å². The van der Waals surface area contributed by atoms with E-state index in [9.17, 15) is 14.4 Å². The van der Waals surface area contributed by atoms with Crippen LogP contribution in [-0.2, 0) is 14.3 Å². The van der Waals surface area contributed by atoms with E-state index >= 15 is 0 Å². The molecule has 0 unspecified atom stereocenters. The molecule has 2 atom stereocenters. The van der Waals surface area contributed by atoms with Crippen LogP contribution in [0.4, 0.5) is 4.79 Å². The predicted octanol–water partition coefficient (Wildman–Crippen LogP) is -1.32. The van der Waals surface area contributed by atoms with Crippen LogP contribution in [0.5, 0.6) is 0 Å². The number of ether oxygens (including phenoxy) is 1. The van der Waals surface area contributed by atoms with E-state index in [4.69, 9.17) is 22.9 Å². The van der Waals surface area contributed by atoms with E-state index in [-0.39, 0.29) is 0 Å². The third kappa shape index (κ3) is 9.27. The van der Waals surface area contributed by atoms with Gasteiger partial charge in [0.15, 0.2) is 0 Å². The van der Waals surface area contributed by atoms with E-state index in [1.165, 1.54) is 0 Å². The van der Waals surface area contributed by atoms with Crippen LogP contribution in [0.15, 0.2) is 0 Å². The Morgan fingerprint density at radius 2 is 1.50 bits per heavy atom. The van der Waals surface area contributed by atoms with E-state index in [0.717, 1.165) is 6.42 Å². The molecule has 0 aliphatic heterocycles. The van der Waals surface area contributed by atoms with Gasteiger partial charge in [0.05, 0.1) is 6.04 Å². The Bertz CT molecular complexity index is 364. The van der Waals surface area contributed by atoms with Crippen molar-refractivity contribution in [3.05, 3.63) is 0 Å². The summed E-state index contributed by atoms with van der Waals surface area (Å²) >= 11 is 0. The Kier molecular flexibility index (Phi) is 11.0. The number of nitrogens with one attached hydrogen (secondary N) is 1. The third-order valence-corrected chi connectivity index (χ3v) is 3.06. The highest BCUT2D eigenvalue weighted by atomic mass is 16.6. The normalized spacial score (nSPS) is 13.2. The maximum absolute atomic E-state index is 12.0. The van der Waals surface area contributed by atoms with Crippen LogP contribution in [0.3, 0.4) is 0 Å². The molecular weight excluding hydrogens is 290 g/mol. The van der Waals surface area contributed by atoms with E-state index in [1.54, 1.807) is 0 Å². The number of nitrogens with two attached hydrogens (primary N) is 4. The number of hydrogen-bond acceptors (Lipinski definition) is 7. The lowest BCUT2D eigenvalue weighted by Gasteiger charge is -2.19. The monoisotopic (exact) mass is 317 g/mol. The minimum atomic E-state index is -1.21. The molecule has 0 saturated heterocycles. The van der Waals surface area contributed by atoms with E-state index in [2.05, 4.69) is 10.1 Å². The highest BCUT2D eigenvalue weighted by Gasteiger charge is 2.25. The standard InChI is InChI=1S/C13H27N5O4/c14-7-3-1-5-9(16)11(19)18-10(6-2-4-8-15)12(20)22-13(17)21/h9-10H,1-8,14-16H2,(H2,17,21)(H,18,19)/t9-,10-/m0/s1. The van der Waals surface area contributed by atoms with Gasteiger partial charge in [0.2, 0.25) is 5.91 Å². The Morgan fingerprint density at radius 1 is 0.955 bits per heavy atom. The van der Waals surface area contributed by atoms with Crippen LogP contribution in [0.25, 0.3) is 0 Å². The fourth-order valence-electron chi connectivity index (χ4n) is 1.83. The predicted molar refractivity (Wildman–Crippen MR) is 81.4 cm³/mol. The summed E-state index contributed by atoms with van der Waals surface area (Å²) in [5, 5.41) is 2.49. The molecule has 0 aromatic carbocycles. The largest absolute Gasteiger partial charge is 0.412 e. The molecule has 0 aliphatic rings. The van der Waals surface area contributed by atoms with Gasteiger partial charge in [-0.05, 0) is 45.2 Å². The number of esters is 1. The molecule has 2 amide bonds. The molecule has 9 N–H and O–H groups in total. The minimum Gasteiger partial charge on any atom is -0.375 e. The fourth-order valence-corrected chi connectivity index (χ4v) is 1.83. The van der Waals surface area contributed by atoms with Crippen molar-refractivity contribution in [1.29, 1.82) is 0 Å².